The fourth-order valence-corrected chi connectivity index (χ4v) is 1.59. The van der Waals surface area contributed by atoms with Crippen LogP contribution in [0.5, 0.6) is 0 Å². The summed E-state index contributed by atoms with van der Waals surface area (Å²) >= 11 is 0. The molecule has 5 heteroatoms. The van der Waals surface area contributed by atoms with Crippen LogP contribution in [0.15, 0.2) is 24.5 Å². The predicted molar refractivity (Wildman–Crippen MR) is 54.2 cm³/mol. The van der Waals surface area contributed by atoms with Crippen LogP contribution in [-0.2, 0) is 7.05 Å². The summed E-state index contributed by atoms with van der Waals surface area (Å²) in [6.45, 7) is 1.85. The van der Waals surface area contributed by atoms with Gasteiger partial charge in [0, 0.05) is 19.4 Å². The number of hydrogen-bond acceptors (Lipinski definition) is 2. The van der Waals surface area contributed by atoms with E-state index in [-0.39, 0.29) is 5.69 Å². The van der Waals surface area contributed by atoms with Crippen molar-refractivity contribution >= 4 is 5.97 Å². The smallest absolute Gasteiger partial charge is 0.352 e. The quantitative estimate of drug-likeness (QED) is 0.801. The third-order valence-corrected chi connectivity index (χ3v) is 2.21. The first-order valence-electron chi connectivity index (χ1n) is 4.51. The summed E-state index contributed by atoms with van der Waals surface area (Å²) in [5.41, 5.74) is 1.84. The molecular weight excluding hydrogens is 194 g/mol. The number of nitrogens with zero attached hydrogens (tertiary/aromatic N) is 3. The Labute approximate surface area is 86.6 Å². The molecule has 0 saturated carbocycles. The van der Waals surface area contributed by atoms with Crippen LogP contribution in [0.25, 0.3) is 5.69 Å². The Balaban J connectivity index is 2.58. The fraction of sp³-hybridized carbons (Fsp3) is 0.200. The summed E-state index contributed by atoms with van der Waals surface area (Å²) in [4.78, 5) is 10.9. The van der Waals surface area contributed by atoms with Gasteiger partial charge in [0.1, 0.15) is 5.69 Å². The first-order chi connectivity index (χ1) is 7.09. The van der Waals surface area contributed by atoms with Crippen LogP contribution in [0, 0.1) is 6.92 Å². The number of carboxylic acid groups (broad SMARTS) is 1. The van der Waals surface area contributed by atoms with Crippen molar-refractivity contribution in [2.24, 2.45) is 7.05 Å². The first-order valence-corrected chi connectivity index (χ1v) is 4.51. The van der Waals surface area contributed by atoms with E-state index in [0.29, 0.717) is 0 Å². The van der Waals surface area contributed by atoms with E-state index in [2.05, 4.69) is 5.10 Å². The zero-order chi connectivity index (χ0) is 11.0. The van der Waals surface area contributed by atoms with Gasteiger partial charge in [0.05, 0.1) is 11.4 Å². The molecule has 2 rings (SSSR count). The summed E-state index contributed by atoms with van der Waals surface area (Å²) in [6, 6.07) is 3.27. The average Bonchev–Trinajstić information content (AvgIpc) is 2.71. The highest BCUT2D eigenvalue weighted by Gasteiger charge is 2.13. The number of carbonyl (C=O) groups is 1. The van der Waals surface area contributed by atoms with Gasteiger partial charge in [-0.25, -0.2) is 4.79 Å². The summed E-state index contributed by atoms with van der Waals surface area (Å²) in [7, 11) is 1.81. The topological polar surface area (TPSA) is 60.0 Å². The van der Waals surface area contributed by atoms with Crippen LogP contribution in [0.2, 0.25) is 0 Å². The predicted octanol–water partition coefficient (Wildman–Crippen LogP) is 1.22. The molecule has 2 heterocycles. The van der Waals surface area contributed by atoms with E-state index in [9.17, 15) is 4.79 Å². The molecule has 15 heavy (non-hydrogen) atoms. The molecule has 78 valence electrons. The Hall–Kier alpha value is -2.04. The Morgan fingerprint density at radius 1 is 1.53 bits per heavy atom. The molecule has 0 aliphatic heterocycles. The van der Waals surface area contributed by atoms with Gasteiger partial charge in [0.25, 0.3) is 0 Å². The highest BCUT2D eigenvalue weighted by Crippen LogP contribution is 2.15. The van der Waals surface area contributed by atoms with Crippen LogP contribution < -0.4 is 0 Å². The second-order valence-corrected chi connectivity index (χ2v) is 3.34. The number of rotatable bonds is 2. The Bertz CT molecular complexity index is 510. The second kappa shape index (κ2) is 3.27. The van der Waals surface area contributed by atoms with Crippen molar-refractivity contribution in [2.45, 2.75) is 6.92 Å². The highest BCUT2D eigenvalue weighted by molar-refractivity contribution is 5.86. The lowest BCUT2D eigenvalue weighted by Gasteiger charge is -2.03. The van der Waals surface area contributed by atoms with Crippen LogP contribution in [0.3, 0.4) is 0 Å². The Morgan fingerprint density at radius 2 is 2.27 bits per heavy atom. The monoisotopic (exact) mass is 205 g/mol. The van der Waals surface area contributed by atoms with Gasteiger partial charge in [-0.15, -0.1) is 0 Å². The number of aromatic carboxylic acids is 1. The van der Waals surface area contributed by atoms with Crippen molar-refractivity contribution in [3.8, 4) is 5.69 Å². The molecule has 0 amide bonds. The van der Waals surface area contributed by atoms with Gasteiger partial charge in [0.2, 0.25) is 0 Å². The number of carboxylic acids is 1. The lowest BCUT2D eigenvalue weighted by molar-refractivity contribution is 0.0688. The standard InChI is InChI=1S/C10H11N3O2/c1-7-9(6-12(2)11-7)13-5-3-4-8(13)10(14)15/h3-6H,1-2H3,(H,14,15). The summed E-state index contributed by atoms with van der Waals surface area (Å²) < 4.78 is 3.28. The lowest BCUT2D eigenvalue weighted by Crippen LogP contribution is -2.05. The highest BCUT2D eigenvalue weighted by atomic mass is 16.4. The molecule has 0 aromatic carbocycles. The molecule has 0 fully saturated rings. The normalized spacial score (nSPS) is 10.5. The molecule has 0 aliphatic carbocycles. The minimum Gasteiger partial charge on any atom is -0.477 e. The molecule has 0 unspecified atom stereocenters. The lowest BCUT2D eigenvalue weighted by atomic mass is 10.3. The van der Waals surface area contributed by atoms with E-state index in [1.807, 2.05) is 6.92 Å². The van der Waals surface area contributed by atoms with Crippen LogP contribution in [0.4, 0.5) is 0 Å². The maximum Gasteiger partial charge on any atom is 0.352 e. The third kappa shape index (κ3) is 1.52. The van der Waals surface area contributed by atoms with E-state index in [1.54, 1.807) is 40.8 Å². The Morgan fingerprint density at radius 3 is 2.80 bits per heavy atom. The number of aryl methyl sites for hydroxylation is 2. The van der Waals surface area contributed by atoms with Crippen molar-refractivity contribution < 1.29 is 9.90 Å². The summed E-state index contributed by atoms with van der Waals surface area (Å²) in [5.74, 6) is -0.941. The van der Waals surface area contributed by atoms with E-state index in [1.165, 1.54) is 0 Å². The maximum absolute atomic E-state index is 10.9. The molecule has 0 spiro atoms. The fourth-order valence-electron chi connectivity index (χ4n) is 1.59. The van der Waals surface area contributed by atoms with E-state index < -0.39 is 5.97 Å². The maximum atomic E-state index is 10.9. The van der Waals surface area contributed by atoms with Crippen molar-refractivity contribution in [1.82, 2.24) is 14.3 Å². The van der Waals surface area contributed by atoms with Crippen LogP contribution >= 0.6 is 0 Å². The number of hydrogen-bond donors (Lipinski definition) is 1. The zero-order valence-electron chi connectivity index (χ0n) is 8.51. The second-order valence-electron chi connectivity index (χ2n) is 3.34. The molecule has 0 saturated heterocycles. The minimum absolute atomic E-state index is 0.242. The average molecular weight is 205 g/mol. The molecule has 0 atom stereocenters. The third-order valence-electron chi connectivity index (χ3n) is 2.21. The SMILES string of the molecule is Cc1nn(C)cc1-n1cccc1C(=O)O. The van der Waals surface area contributed by atoms with Gasteiger partial charge in [0.15, 0.2) is 0 Å². The first kappa shape index (κ1) is 9.51. The van der Waals surface area contributed by atoms with Gasteiger partial charge in [-0.2, -0.15) is 5.10 Å². The molecule has 2 aromatic rings. The van der Waals surface area contributed by atoms with Gasteiger partial charge in [-0.05, 0) is 19.1 Å². The van der Waals surface area contributed by atoms with Crippen LogP contribution in [-0.4, -0.2) is 25.4 Å². The number of aromatic nitrogens is 3. The van der Waals surface area contributed by atoms with Crippen LogP contribution in [0.1, 0.15) is 16.2 Å². The van der Waals surface area contributed by atoms with Crippen molar-refractivity contribution in [3.63, 3.8) is 0 Å². The molecular formula is C10H11N3O2. The van der Waals surface area contributed by atoms with E-state index in [4.69, 9.17) is 5.11 Å². The van der Waals surface area contributed by atoms with Gasteiger partial charge in [-0.1, -0.05) is 0 Å². The summed E-state index contributed by atoms with van der Waals surface area (Å²) in [6.07, 6.45) is 3.51. The molecule has 1 N–H and O–H groups in total. The van der Waals surface area contributed by atoms with Crippen molar-refractivity contribution in [1.29, 1.82) is 0 Å². The van der Waals surface area contributed by atoms with Gasteiger partial charge in [-0.3, -0.25) is 4.68 Å². The van der Waals surface area contributed by atoms with E-state index >= 15 is 0 Å². The largest absolute Gasteiger partial charge is 0.477 e. The molecule has 5 nitrogen and oxygen atoms in total. The Kier molecular flexibility index (Phi) is 2.07. The molecule has 0 radical (unpaired) electrons. The van der Waals surface area contributed by atoms with Crippen molar-refractivity contribution in [3.05, 3.63) is 35.9 Å². The van der Waals surface area contributed by atoms with E-state index in [0.717, 1.165) is 11.4 Å². The zero-order valence-corrected chi connectivity index (χ0v) is 8.51. The van der Waals surface area contributed by atoms with Gasteiger partial charge >= 0.3 is 5.97 Å². The molecule has 0 aliphatic rings. The van der Waals surface area contributed by atoms with Gasteiger partial charge < -0.3 is 9.67 Å². The summed E-state index contributed by atoms with van der Waals surface area (Å²) in [5, 5.41) is 13.1. The molecule has 2 aromatic heterocycles. The van der Waals surface area contributed by atoms with Crippen molar-refractivity contribution in [2.75, 3.05) is 0 Å². The molecule has 0 bridgehead atoms. The minimum atomic E-state index is -0.941.